The van der Waals surface area contributed by atoms with Crippen molar-refractivity contribution < 1.29 is 22.7 Å². The Kier molecular flexibility index (Phi) is 6.17. The number of halogens is 1. The molecule has 2 atom stereocenters. The van der Waals surface area contributed by atoms with Crippen LogP contribution in [0.4, 0.5) is 0 Å². The first-order valence-corrected chi connectivity index (χ1v) is 12.0. The lowest BCUT2D eigenvalue weighted by Crippen LogP contribution is -2.54. The lowest BCUT2D eigenvalue weighted by molar-refractivity contribution is -0.129. The van der Waals surface area contributed by atoms with E-state index in [9.17, 15) is 18.0 Å². The molecule has 2 aliphatic heterocycles. The molecule has 0 aromatic heterocycles. The Hall–Kier alpha value is -1.45. The van der Waals surface area contributed by atoms with Crippen LogP contribution < -0.4 is 5.32 Å². The maximum absolute atomic E-state index is 12.8. The molecule has 0 saturated carbocycles. The van der Waals surface area contributed by atoms with Crippen molar-refractivity contribution in [2.24, 2.45) is 0 Å². The molecular formula is C19H25BrN2O5S. The van der Waals surface area contributed by atoms with E-state index in [0.717, 1.165) is 29.1 Å². The van der Waals surface area contributed by atoms with E-state index in [4.69, 9.17) is 4.74 Å². The summed E-state index contributed by atoms with van der Waals surface area (Å²) in [5, 5.41) is 2.73. The molecule has 1 aromatic rings. The van der Waals surface area contributed by atoms with Crippen LogP contribution in [0.2, 0.25) is 0 Å². The highest BCUT2D eigenvalue weighted by Crippen LogP contribution is 2.29. The number of carbonyl (C=O) groups excluding carboxylic acids is 2. The molecule has 2 aliphatic rings. The van der Waals surface area contributed by atoms with Gasteiger partial charge >= 0.3 is 0 Å². The van der Waals surface area contributed by atoms with Crippen molar-refractivity contribution in [1.82, 2.24) is 10.2 Å². The number of amides is 2. The van der Waals surface area contributed by atoms with Gasteiger partial charge in [0, 0.05) is 36.0 Å². The van der Waals surface area contributed by atoms with Gasteiger partial charge in [0.2, 0.25) is 5.91 Å². The molecule has 1 aromatic carbocycles. The molecule has 28 heavy (non-hydrogen) atoms. The van der Waals surface area contributed by atoms with E-state index in [-0.39, 0.29) is 18.9 Å². The third-order valence-electron chi connectivity index (χ3n) is 5.58. The summed E-state index contributed by atoms with van der Waals surface area (Å²) >= 11 is 3.39. The van der Waals surface area contributed by atoms with Crippen molar-refractivity contribution >= 4 is 37.6 Å². The summed E-state index contributed by atoms with van der Waals surface area (Å²) in [4.78, 5) is 27.0. The van der Waals surface area contributed by atoms with Crippen LogP contribution in [0.15, 0.2) is 22.7 Å². The van der Waals surface area contributed by atoms with Gasteiger partial charge in [-0.1, -0.05) is 15.9 Å². The molecule has 0 aliphatic carbocycles. The van der Waals surface area contributed by atoms with Gasteiger partial charge in [0.25, 0.3) is 5.91 Å². The maximum Gasteiger partial charge on any atom is 0.254 e. The molecule has 3 rings (SSSR count). The Balaban J connectivity index is 1.71. The highest BCUT2D eigenvalue weighted by Gasteiger charge is 2.45. The van der Waals surface area contributed by atoms with Crippen LogP contribution >= 0.6 is 15.9 Å². The Labute approximate surface area is 173 Å². The summed E-state index contributed by atoms with van der Waals surface area (Å²) in [5.74, 6) is -0.719. The number of benzene rings is 1. The molecule has 1 N–H and O–H groups in total. The predicted octanol–water partition coefficient (Wildman–Crippen LogP) is 2.24. The van der Waals surface area contributed by atoms with E-state index in [1.165, 1.54) is 6.92 Å². The first kappa shape index (κ1) is 21.3. The molecule has 154 valence electrons. The number of fused-ring (bicyclic) bond motifs is 1. The van der Waals surface area contributed by atoms with E-state index in [1.54, 1.807) is 17.0 Å². The third-order valence-corrected chi connectivity index (χ3v) is 8.09. The van der Waals surface area contributed by atoms with Gasteiger partial charge in [-0.15, -0.1) is 0 Å². The highest BCUT2D eigenvalue weighted by molar-refractivity contribution is 9.10. The van der Waals surface area contributed by atoms with Crippen LogP contribution in [-0.2, 0) is 25.9 Å². The number of nitrogens with one attached hydrogen (secondary N) is 1. The number of nitrogens with zero attached hydrogens (tertiary/aromatic N) is 1. The molecule has 7 nitrogen and oxygen atoms in total. The van der Waals surface area contributed by atoms with Crippen LogP contribution in [-0.4, -0.2) is 55.5 Å². The second-order valence-electron chi connectivity index (χ2n) is 7.61. The molecule has 1 saturated heterocycles. The number of carbonyl (C=O) groups is 2. The number of ether oxygens (including phenoxy) is 1. The van der Waals surface area contributed by atoms with Gasteiger partial charge in [-0.05, 0) is 56.4 Å². The summed E-state index contributed by atoms with van der Waals surface area (Å²) in [6, 6.07) is 5.44. The van der Waals surface area contributed by atoms with E-state index in [2.05, 4.69) is 21.2 Å². The van der Waals surface area contributed by atoms with E-state index < -0.39 is 26.7 Å². The predicted molar refractivity (Wildman–Crippen MR) is 108 cm³/mol. The fraction of sp³-hybridized carbons (Fsp3) is 0.579. The number of hydrogen-bond acceptors (Lipinski definition) is 5. The minimum Gasteiger partial charge on any atom is -0.359 e. The molecule has 1 unspecified atom stereocenters. The van der Waals surface area contributed by atoms with Crippen molar-refractivity contribution in [2.75, 3.05) is 19.4 Å². The van der Waals surface area contributed by atoms with Crippen LogP contribution in [0.3, 0.4) is 0 Å². The monoisotopic (exact) mass is 472 g/mol. The largest absolute Gasteiger partial charge is 0.359 e. The average molecular weight is 473 g/mol. The number of rotatable bonds is 6. The highest BCUT2D eigenvalue weighted by atomic mass is 79.9. The molecule has 1 fully saturated rings. The fourth-order valence-electron chi connectivity index (χ4n) is 3.50. The summed E-state index contributed by atoms with van der Waals surface area (Å²) in [7, 11) is -3.71. The summed E-state index contributed by atoms with van der Waals surface area (Å²) in [6.07, 6.45) is 3.15. The SMILES string of the molecule is C[C@@](CCN1Cc2cc(Br)ccc2C1=O)(C(=O)NC1CCCCO1)S(C)(=O)=O. The Bertz CT molecular complexity index is 882. The number of hydrogen-bond donors (Lipinski definition) is 1. The Morgan fingerprint density at radius 2 is 2.14 bits per heavy atom. The smallest absolute Gasteiger partial charge is 0.254 e. The molecule has 0 bridgehead atoms. The number of sulfone groups is 1. The molecular weight excluding hydrogens is 448 g/mol. The van der Waals surface area contributed by atoms with E-state index in [1.807, 2.05) is 6.07 Å². The Morgan fingerprint density at radius 1 is 1.39 bits per heavy atom. The maximum atomic E-state index is 12.8. The zero-order valence-corrected chi connectivity index (χ0v) is 18.4. The third kappa shape index (κ3) is 4.26. The van der Waals surface area contributed by atoms with E-state index in [0.29, 0.717) is 25.1 Å². The molecule has 9 heteroatoms. The van der Waals surface area contributed by atoms with Gasteiger partial charge in [-0.25, -0.2) is 8.42 Å². The summed E-state index contributed by atoms with van der Waals surface area (Å²) in [5.41, 5.74) is 1.50. The van der Waals surface area contributed by atoms with Crippen molar-refractivity contribution in [2.45, 2.75) is 50.1 Å². The Morgan fingerprint density at radius 3 is 2.79 bits per heavy atom. The quantitative estimate of drug-likeness (QED) is 0.684. The molecule has 0 spiro atoms. The topological polar surface area (TPSA) is 92.8 Å². The van der Waals surface area contributed by atoms with Crippen molar-refractivity contribution in [3.05, 3.63) is 33.8 Å². The van der Waals surface area contributed by atoms with Gasteiger partial charge in [-0.3, -0.25) is 9.59 Å². The van der Waals surface area contributed by atoms with Gasteiger partial charge < -0.3 is 15.0 Å². The summed E-state index contributed by atoms with van der Waals surface area (Å²) < 4.78 is 29.7. The lowest BCUT2D eigenvalue weighted by atomic mass is 10.0. The van der Waals surface area contributed by atoms with Gasteiger partial charge in [0.1, 0.15) is 11.0 Å². The van der Waals surface area contributed by atoms with Crippen LogP contribution in [0.5, 0.6) is 0 Å². The normalized spacial score (nSPS) is 21.9. The molecule has 0 radical (unpaired) electrons. The van der Waals surface area contributed by atoms with Crippen LogP contribution in [0.1, 0.15) is 48.5 Å². The van der Waals surface area contributed by atoms with Crippen molar-refractivity contribution in [3.8, 4) is 0 Å². The van der Waals surface area contributed by atoms with Gasteiger partial charge in [0.05, 0.1) is 0 Å². The minimum atomic E-state index is -3.71. The first-order chi connectivity index (χ1) is 13.1. The standard InChI is InChI=1S/C19H25BrN2O5S/c1-19(28(2,25)26,18(24)21-16-5-3-4-10-27-16)8-9-22-12-13-11-14(20)6-7-15(13)17(22)23/h6-7,11,16H,3-5,8-10,12H2,1-2H3,(H,21,24)/t16?,19-/m1/s1. The second kappa shape index (κ2) is 8.12. The fourth-order valence-corrected chi connectivity index (χ4v) is 4.77. The average Bonchev–Trinajstić information content (AvgIpc) is 2.94. The zero-order chi connectivity index (χ0) is 20.5. The first-order valence-electron chi connectivity index (χ1n) is 9.32. The zero-order valence-electron chi connectivity index (χ0n) is 16.0. The van der Waals surface area contributed by atoms with Crippen molar-refractivity contribution in [3.63, 3.8) is 0 Å². The molecule has 2 heterocycles. The van der Waals surface area contributed by atoms with Crippen molar-refractivity contribution in [1.29, 1.82) is 0 Å². The lowest BCUT2D eigenvalue weighted by Gasteiger charge is -2.31. The molecule has 2 amide bonds. The van der Waals surface area contributed by atoms with Crippen LogP contribution in [0, 0.1) is 0 Å². The summed E-state index contributed by atoms with van der Waals surface area (Å²) in [6.45, 7) is 2.55. The van der Waals surface area contributed by atoms with Gasteiger partial charge in [-0.2, -0.15) is 0 Å². The second-order valence-corrected chi connectivity index (χ2v) is 11.0. The van der Waals surface area contributed by atoms with Gasteiger partial charge in [0.15, 0.2) is 9.84 Å². The minimum absolute atomic E-state index is 0.0191. The van der Waals surface area contributed by atoms with E-state index >= 15 is 0 Å². The van der Waals surface area contributed by atoms with Crippen LogP contribution in [0.25, 0.3) is 0 Å².